The summed E-state index contributed by atoms with van der Waals surface area (Å²) in [5.74, 6) is 0. The zero-order valence-corrected chi connectivity index (χ0v) is 24.7. The summed E-state index contributed by atoms with van der Waals surface area (Å²) in [5, 5.41) is 0. The van der Waals surface area contributed by atoms with Crippen LogP contribution in [0, 0.1) is 62.3 Å². The van der Waals surface area contributed by atoms with Gasteiger partial charge in [-0.2, -0.15) is 0 Å². The molecule has 0 saturated carbocycles. The molecule has 3 heteroatoms. The Kier molecular flexibility index (Phi) is 9.62. The Hall–Kier alpha value is -0.877. The second-order valence-corrected chi connectivity index (χ2v) is 16.4. The summed E-state index contributed by atoms with van der Waals surface area (Å²) in [6.45, 7) is 20.6. The third kappa shape index (κ3) is 5.30. The van der Waals surface area contributed by atoms with Gasteiger partial charge in [0.1, 0.15) is 0 Å². The van der Waals surface area contributed by atoms with Crippen LogP contribution in [0.25, 0.3) is 0 Å². The van der Waals surface area contributed by atoms with Gasteiger partial charge in [0.25, 0.3) is 0 Å². The SMILES string of the molecule is Cc1cc(C)[c]([Bi]([c]2c(C)cc(C)cc2C)[c]2c(C)cc(C)cc2C)c(C)c1.[Cl-].[Cl-]. The van der Waals surface area contributed by atoms with Gasteiger partial charge in [-0.3, -0.25) is 0 Å². The van der Waals surface area contributed by atoms with Crippen molar-refractivity contribution in [2.45, 2.75) is 62.3 Å². The summed E-state index contributed by atoms with van der Waals surface area (Å²) in [6, 6.07) is 14.3. The predicted molar refractivity (Wildman–Crippen MR) is 127 cm³/mol. The maximum atomic E-state index is 2.39. The molecule has 0 aliphatic heterocycles. The molecule has 0 aliphatic carbocycles. The molecule has 0 heterocycles. The van der Waals surface area contributed by atoms with E-state index >= 15 is 0 Å². The molecule has 3 rings (SSSR count). The van der Waals surface area contributed by atoms with Crippen LogP contribution >= 0.6 is 0 Å². The van der Waals surface area contributed by atoms with Crippen molar-refractivity contribution in [1.29, 1.82) is 0 Å². The van der Waals surface area contributed by atoms with Crippen LogP contribution in [0.1, 0.15) is 50.1 Å². The molecule has 30 heavy (non-hydrogen) atoms. The van der Waals surface area contributed by atoms with E-state index in [0.29, 0.717) is 0 Å². The summed E-state index contributed by atoms with van der Waals surface area (Å²) >= 11 is -2.48. The third-order valence-corrected chi connectivity index (χ3v) is 19.0. The summed E-state index contributed by atoms with van der Waals surface area (Å²) in [4.78, 5) is 0. The van der Waals surface area contributed by atoms with Gasteiger partial charge in [0, 0.05) is 0 Å². The molecule has 0 fully saturated rings. The Morgan fingerprint density at radius 2 is 0.533 bits per heavy atom. The largest absolute Gasteiger partial charge is 1.00 e. The quantitative estimate of drug-likeness (QED) is 0.324. The van der Waals surface area contributed by atoms with Crippen molar-refractivity contribution in [3.63, 3.8) is 0 Å². The molecule has 3 aromatic carbocycles. The van der Waals surface area contributed by atoms with Crippen LogP contribution in [0.2, 0.25) is 0 Å². The molecule has 0 saturated heterocycles. The molecule has 0 spiro atoms. The Balaban J connectivity index is 0.00000225. The number of halogens is 2. The molecular weight excluding hydrogens is 604 g/mol. The second-order valence-electron chi connectivity index (χ2n) is 8.58. The fourth-order valence-corrected chi connectivity index (χ4v) is 17.3. The van der Waals surface area contributed by atoms with Gasteiger partial charge in [0.15, 0.2) is 0 Å². The predicted octanol–water partition coefficient (Wildman–Crippen LogP) is -1.01. The number of benzene rings is 3. The first kappa shape index (κ1) is 27.2. The van der Waals surface area contributed by atoms with Gasteiger partial charge < -0.3 is 24.8 Å². The van der Waals surface area contributed by atoms with Crippen LogP contribution < -0.4 is 34.6 Å². The van der Waals surface area contributed by atoms with Crippen molar-refractivity contribution in [2.24, 2.45) is 0 Å². The minimum Gasteiger partial charge on any atom is -1.00 e. The standard InChI is InChI=1S/3C9H11.Bi.2ClH/c3*1-7-4-8(2)6-9(3)5-7;;;/h3*4-5H,1-3H3;;2*1H/p-2. The second kappa shape index (κ2) is 10.6. The molecule has 0 aromatic heterocycles. The van der Waals surface area contributed by atoms with Gasteiger partial charge in [-0.25, -0.2) is 0 Å². The van der Waals surface area contributed by atoms with E-state index in [1.807, 2.05) is 0 Å². The molecule has 0 radical (unpaired) electrons. The summed E-state index contributed by atoms with van der Waals surface area (Å²) in [6.07, 6.45) is 0. The van der Waals surface area contributed by atoms with Crippen LogP contribution in [0.4, 0.5) is 0 Å². The fourth-order valence-electron chi connectivity index (χ4n) is 4.91. The topological polar surface area (TPSA) is 0 Å². The van der Waals surface area contributed by atoms with E-state index in [4.69, 9.17) is 0 Å². The monoisotopic (exact) mass is 636 g/mol. The average Bonchev–Trinajstić information content (AvgIpc) is 2.51. The van der Waals surface area contributed by atoms with E-state index in [1.165, 1.54) is 50.1 Å². The van der Waals surface area contributed by atoms with Gasteiger partial charge in [-0.1, -0.05) is 0 Å². The first-order chi connectivity index (χ1) is 13.1. The van der Waals surface area contributed by atoms with Crippen molar-refractivity contribution < 1.29 is 24.8 Å². The smallest absolute Gasteiger partial charge is 1.00 e. The van der Waals surface area contributed by atoms with Crippen LogP contribution in [-0.4, -0.2) is 21.8 Å². The number of hydrogen-bond donors (Lipinski definition) is 0. The van der Waals surface area contributed by atoms with Crippen LogP contribution in [0.3, 0.4) is 0 Å². The molecule has 162 valence electrons. The molecule has 0 amide bonds. The van der Waals surface area contributed by atoms with Gasteiger partial charge in [0.2, 0.25) is 0 Å². The fraction of sp³-hybridized carbons (Fsp3) is 0.333. The summed E-state index contributed by atoms with van der Waals surface area (Å²) in [5.41, 5.74) is 13.0. The van der Waals surface area contributed by atoms with Gasteiger partial charge in [-0.05, 0) is 0 Å². The molecule has 0 bridgehead atoms. The van der Waals surface area contributed by atoms with E-state index in [1.54, 1.807) is 9.81 Å². The van der Waals surface area contributed by atoms with E-state index in [0.717, 1.165) is 0 Å². The van der Waals surface area contributed by atoms with Crippen molar-refractivity contribution in [3.8, 4) is 0 Å². The number of aryl methyl sites for hydroxylation is 9. The van der Waals surface area contributed by atoms with Crippen LogP contribution in [0.15, 0.2) is 36.4 Å². The van der Waals surface area contributed by atoms with Gasteiger partial charge in [-0.15, -0.1) is 0 Å². The van der Waals surface area contributed by atoms with Gasteiger partial charge >= 0.3 is 180 Å². The normalized spacial score (nSPS) is 10.6. The summed E-state index contributed by atoms with van der Waals surface area (Å²) in [7, 11) is 0. The van der Waals surface area contributed by atoms with Crippen molar-refractivity contribution in [1.82, 2.24) is 0 Å². The maximum absolute atomic E-state index is 2.48. The van der Waals surface area contributed by atoms with E-state index in [9.17, 15) is 0 Å². The molecule has 3 aromatic rings. The Morgan fingerprint density at radius 1 is 0.367 bits per heavy atom. The first-order valence-electron chi connectivity index (χ1n) is 10.1. The van der Waals surface area contributed by atoms with Crippen molar-refractivity contribution >= 4 is 31.6 Å². The van der Waals surface area contributed by atoms with E-state index in [2.05, 4.69) is 98.7 Å². The Bertz CT molecular complexity index is 861. The molecular formula is C27H33BiCl2-2. The summed E-state index contributed by atoms with van der Waals surface area (Å²) < 4.78 is 5.02. The van der Waals surface area contributed by atoms with E-state index in [-0.39, 0.29) is 24.8 Å². The zero-order valence-electron chi connectivity index (χ0n) is 19.7. The Labute approximate surface area is 204 Å². The molecule has 0 unspecified atom stereocenters. The number of hydrogen-bond acceptors (Lipinski definition) is 0. The Morgan fingerprint density at radius 3 is 0.700 bits per heavy atom. The first-order valence-corrected chi connectivity index (χ1v) is 15.4. The van der Waals surface area contributed by atoms with Gasteiger partial charge in [0.05, 0.1) is 0 Å². The minimum absolute atomic E-state index is 0. The molecule has 0 atom stereocenters. The van der Waals surface area contributed by atoms with E-state index < -0.39 is 21.8 Å². The maximum Gasteiger partial charge on any atom is -1.00 e. The van der Waals surface area contributed by atoms with Crippen LogP contribution in [0.5, 0.6) is 0 Å². The van der Waals surface area contributed by atoms with Crippen molar-refractivity contribution in [3.05, 3.63) is 86.5 Å². The molecule has 0 aliphatic rings. The zero-order chi connectivity index (χ0) is 20.7. The number of rotatable bonds is 3. The molecule has 0 N–H and O–H groups in total. The average molecular weight is 637 g/mol. The van der Waals surface area contributed by atoms with Crippen LogP contribution in [-0.2, 0) is 0 Å². The van der Waals surface area contributed by atoms with Crippen molar-refractivity contribution in [2.75, 3.05) is 0 Å². The third-order valence-electron chi connectivity index (χ3n) is 5.58. The molecule has 0 nitrogen and oxygen atoms in total. The minimum atomic E-state index is -2.48.